The summed E-state index contributed by atoms with van der Waals surface area (Å²) in [6, 6.07) is 3.67. The zero-order chi connectivity index (χ0) is 11.0. The van der Waals surface area contributed by atoms with Crippen LogP contribution in [0.3, 0.4) is 0 Å². The molecule has 0 aliphatic carbocycles. The van der Waals surface area contributed by atoms with E-state index >= 15 is 0 Å². The van der Waals surface area contributed by atoms with Crippen molar-refractivity contribution in [2.75, 3.05) is 18.6 Å². The fourth-order valence-electron chi connectivity index (χ4n) is 1.55. The molecule has 2 N–H and O–H groups in total. The first kappa shape index (κ1) is 9.92. The number of nitrogens with zero attached hydrogens (tertiary/aromatic N) is 1. The molecule has 0 radical (unpaired) electrons. The first-order valence-electron chi connectivity index (χ1n) is 4.55. The summed E-state index contributed by atoms with van der Waals surface area (Å²) in [7, 11) is 1.48. The van der Waals surface area contributed by atoms with Crippen molar-refractivity contribution < 1.29 is 13.9 Å². The average molecular weight is 210 g/mol. The Hall–Kier alpha value is -1.62. The molecule has 80 valence electrons. The highest BCUT2D eigenvalue weighted by Gasteiger charge is 2.28. The zero-order valence-electron chi connectivity index (χ0n) is 8.24. The number of benzene rings is 1. The molecule has 1 aliphatic rings. The van der Waals surface area contributed by atoms with Gasteiger partial charge in [0.15, 0.2) is 5.82 Å². The molecule has 2 rings (SSSR count). The lowest BCUT2D eigenvalue weighted by atomic mass is 10.2. The molecule has 1 aromatic carbocycles. The minimum absolute atomic E-state index is 0.0691. The van der Waals surface area contributed by atoms with Crippen molar-refractivity contribution in [2.45, 2.75) is 6.04 Å². The molecular formula is C10H11FN2O2. The van der Waals surface area contributed by atoms with Crippen LogP contribution in [0.2, 0.25) is 0 Å². The van der Waals surface area contributed by atoms with E-state index in [0.29, 0.717) is 5.75 Å². The number of para-hydroxylation sites is 1. The minimum Gasteiger partial charge on any atom is -0.489 e. The van der Waals surface area contributed by atoms with E-state index in [-0.39, 0.29) is 18.2 Å². The fraction of sp³-hybridized carbons (Fsp3) is 0.300. The van der Waals surface area contributed by atoms with E-state index in [1.54, 1.807) is 6.07 Å². The Morgan fingerprint density at radius 1 is 1.60 bits per heavy atom. The molecule has 4 nitrogen and oxygen atoms in total. The van der Waals surface area contributed by atoms with E-state index in [2.05, 4.69) is 0 Å². The molecule has 0 fully saturated rings. The summed E-state index contributed by atoms with van der Waals surface area (Å²) in [6.45, 7) is 0.0691. The summed E-state index contributed by atoms with van der Waals surface area (Å²) < 4.78 is 18.7. The minimum atomic E-state index is -0.748. The second kappa shape index (κ2) is 3.51. The maximum atomic E-state index is 13.5. The quantitative estimate of drug-likeness (QED) is 0.678. The number of hydrogen-bond donors (Lipinski definition) is 1. The number of hydrogen-bond acceptors (Lipinski definition) is 3. The molecular weight excluding hydrogens is 199 g/mol. The summed E-state index contributed by atoms with van der Waals surface area (Å²) in [5.41, 5.74) is 5.71. The summed E-state index contributed by atoms with van der Waals surface area (Å²) in [5.74, 6) is -0.491. The highest BCUT2D eigenvalue weighted by molar-refractivity contribution is 5.98. The van der Waals surface area contributed by atoms with Gasteiger partial charge in [-0.2, -0.15) is 0 Å². The van der Waals surface area contributed by atoms with Crippen LogP contribution in [0.4, 0.5) is 10.1 Å². The van der Waals surface area contributed by atoms with E-state index in [1.807, 2.05) is 0 Å². The SMILES string of the molecule is CN1C(=O)[C@@H](N)COc2cccc(F)c21. The van der Waals surface area contributed by atoms with Crippen molar-refractivity contribution in [3.63, 3.8) is 0 Å². The summed E-state index contributed by atoms with van der Waals surface area (Å²) in [4.78, 5) is 12.8. The molecule has 1 atom stereocenters. The molecule has 0 saturated carbocycles. The third kappa shape index (κ3) is 1.55. The second-order valence-electron chi connectivity index (χ2n) is 3.40. The number of carbonyl (C=O) groups is 1. The molecule has 1 aliphatic heterocycles. The van der Waals surface area contributed by atoms with Gasteiger partial charge >= 0.3 is 0 Å². The van der Waals surface area contributed by atoms with Crippen molar-refractivity contribution in [1.29, 1.82) is 0 Å². The molecule has 0 spiro atoms. The van der Waals surface area contributed by atoms with Crippen LogP contribution in [-0.2, 0) is 4.79 Å². The third-order valence-electron chi connectivity index (χ3n) is 2.35. The van der Waals surface area contributed by atoms with Crippen LogP contribution >= 0.6 is 0 Å². The van der Waals surface area contributed by atoms with Gasteiger partial charge in [-0.25, -0.2) is 4.39 Å². The van der Waals surface area contributed by atoms with Crippen LogP contribution in [-0.4, -0.2) is 25.6 Å². The molecule has 1 heterocycles. The normalized spacial score (nSPS) is 20.6. The van der Waals surface area contributed by atoms with E-state index in [0.717, 1.165) is 0 Å². The van der Waals surface area contributed by atoms with Gasteiger partial charge in [0.2, 0.25) is 5.91 Å². The van der Waals surface area contributed by atoms with Crippen molar-refractivity contribution in [3.8, 4) is 5.75 Å². The molecule has 0 aromatic heterocycles. The monoisotopic (exact) mass is 210 g/mol. The van der Waals surface area contributed by atoms with E-state index in [1.165, 1.54) is 24.1 Å². The maximum Gasteiger partial charge on any atom is 0.247 e. The first-order valence-corrected chi connectivity index (χ1v) is 4.55. The van der Waals surface area contributed by atoms with Gasteiger partial charge in [0.25, 0.3) is 0 Å². The average Bonchev–Trinajstić information content (AvgIpc) is 2.32. The number of fused-ring (bicyclic) bond motifs is 1. The highest BCUT2D eigenvalue weighted by Crippen LogP contribution is 2.32. The second-order valence-corrected chi connectivity index (χ2v) is 3.40. The van der Waals surface area contributed by atoms with Gasteiger partial charge in [-0.1, -0.05) is 6.07 Å². The summed E-state index contributed by atoms with van der Waals surface area (Å²) in [6.07, 6.45) is 0. The number of likely N-dealkylation sites (N-methyl/N-ethyl adjacent to an activating group) is 1. The predicted molar refractivity (Wildman–Crippen MR) is 53.3 cm³/mol. The van der Waals surface area contributed by atoms with Gasteiger partial charge in [-0.15, -0.1) is 0 Å². The molecule has 1 amide bonds. The highest BCUT2D eigenvalue weighted by atomic mass is 19.1. The molecule has 0 unspecified atom stereocenters. The third-order valence-corrected chi connectivity index (χ3v) is 2.35. The van der Waals surface area contributed by atoms with Crippen molar-refractivity contribution >= 4 is 11.6 Å². The van der Waals surface area contributed by atoms with Crippen molar-refractivity contribution in [1.82, 2.24) is 0 Å². The number of ether oxygens (including phenoxy) is 1. The zero-order valence-corrected chi connectivity index (χ0v) is 8.24. The van der Waals surface area contributed by atoms with Gasteiger partial charge in [-0.05, 0) is 12.1 Å². The number of halogens is 1. The Labute approximate surface area is 86.4 Å². The first-order chi connectivity index (χ1) is 7.11. The topological polar surface area (TPSA) is 55.6 Å². The number of amides is 1. The number of rotatable bonds is 0. The van der Waals surface area contributed by atoms with E-state index in [9.17, 15) is 9.18 Å². The lowest BCUT2D eigenvalue weighted by Gasteiger charge is -2.17. The van der Waals surface area contributed by atoms with Crippen molar-refractivity contribution in [2.24, 2.45) is 5.73 Å². The Kier molecular flexibility index (Phi) is 2.32. The largest absolute Gasteiger partial charge is 0.489 e. The van der Waals surface area contributed by atoms with Crippen LogP contribution < -0.4 is 15.4 Å². The van der Waals surface area contributed by atoms with Crippen LogP contribution in [0, 0.1) is 5.82 Å². The Morgan fingerprint density at radius 3 is 3.07 bits per heavy atom. The smallest absolute Gasteiger partial charge is 0.247 e. The van der Waals surface area contributed by atoms with Crippen LogP contribution in [0.15, 0.2) is 18.2 Å². The number of nitrogens with two attached hydrogens (primary N) is 1. The number of carbonyl (C=O) groups excluding carboxylic acids is 1. The van der Waals surface area contributed by atoms with Crippen LogP contribution in [0.25, 0.3) is 0 Å². The van der Waals surface area contributed by atoms with Gasteiger partial charge in [0, 0.05) is 7.05 Å². The molecule has 0 saturated heterocycles. The van der Waals surface area contributed by atoms with Gasteiger partial charge < -0.3 is 15.4 Å². The number of anilines is 1. The fourth-order valence-corrected chi connectivity index (χ4v) is 1.55. The standard InChI is InChI=1S/C10H11FN2O2/c1-13-9-6(11)3-2-4-8(9)15-5-7(12)10(13)14/h2-4,7H,5,12H2,1H3/t7-/m0/s1. The van der Waals surface area contributed by atoms with Crippen LogP contribution in [0.5, 0.6) is 5.75 Å². The van der Waals surface area contributed by atoms with Gasteiger partial charge in [0.05, 0.1) is 0 Å². The van der Waals surface area contributed by atoms with Gasteiger partial charge in [-0.3, -0.25) is 4.79 Å². The predicted octanol–water partition coefficient (Wildman–Crippen LogP) is 0.508. The Bertz CT molecular complexity index is 408. The molecule has 0 bridgehead atoms. The summed E-state index contributed by atoms with van der Waals surface area (Å²) >= 11 is 0. The lowest BCUT2D eigenvalue weighted by molar-refractivity contribution is -0.119. The Morgan fingerprint density at radius 2 is 2.33 bits per heavy atom. The Balaban J connectivity index is 2.53. The van der Waals surface area contributed by atoms with E-state index < -0.39 is 11.9 Å². The molecule has 5 heteroatoms. The maximum absolute atomic E-state index is 13.5. The van der Waals surface area contributed by atoms with Gasteiger partial charge in [0.1, 0.15) is 24.1 Å². The molecule has 1 aromatic rings. The lowest BCUT2D eigenvalue weighted by Crippen LogP contribution is -2.43. The molecule has 15 heavy (non-hydrogen) atoms. The van der Waals surface area contributed by atoms with Crippen LogP contribution in [0.1, 0.15) is 0 Å². The van der Waals surface area contributed by atoms with E-state index in [4.69, 9.17) is 10.5 Å². The van der Waals surface area contributed by atoms with Crippen molar-refractivity contribution in [3.05, 3.63) is 24.0 Å². The summed E-state index contributed by atoms with van der Waals surface area (Å²) in [5, 5.41) is 0.